The molecule has 6 nitrogen and oxygen atoms in total. The Bertz CT molecular complexity index is 1040. The molecule has 146 valence electrons. The van der Waals surface area contributed by atoms with E-state index in [9.17, 15) is 9.59 Å². The van der Waals surface area contributed by atoms with E-state index in [1.165, 1.54) is 4.68 Å². The highest BCUT2D eigenvalue weighted by Gasteiger charge is 2.18. The molecule has 0 fully saturated rings. The summed E-state index contributed by atoms with van der Waals surface area (Å²) in [5.74, 6) is -0.287. The van der Waals surface area contributed by atoms with Gasteiger partial charge < -0.3 is 10.6 Å². The van der Waals surface area contributed by atoms with Crippen LogP contribution in [0.4, 0.5) is 5.69 Å². The minimum Gasteiger partial charge on any atom is -0.319 e. The van der Waals surface area contributed by atoms with E-state index in [0.717, 1.165) is 11.3 Å². The number of benzene rings is 2. The zero-order chi connectivity index (χ0) is 20.3. The van der Waals surface area contributed by atoms with Crippen LogP contribution >= 0.6 is 11.6 Å². The van der Waals surface area contributed by atoms with Crippen LogP contribution in [0.2, 0.25) is 5.02 Å². The van der Waals surface area contributed by atoms with Gasteiger partial charge in [-0.05, 0) is 37.6 Å². The van der Waals surface area contributed by atoms with Crippen LogP contribution in [0.25, 0.3) is 5.69 Å². The molecule has 0 unspecified atom stereocenters. The summed E-state index contributed by atoms with van der Waals surface area (Å²) in [5.41, 5.74) is 2.35. The monoisotopic (exact) mass is 398 g/mol. The number of para-hydroxylation sites is 1. The predicted molar refractivity (Wildman–Crippen MR) is 112 cm³/mol. The molecule has 1 atom stereocenters. The molecule has 0 spiro atoms. The fourth-order valence-electron chi connectivity index (χ4n) is 3.08. The van der Waals surface area contributed by atoms with Gasteiger partial charge in [0.05, 0.1) is 17.9 Å². The summed E-state index contributed by atoms with van der Waals surface area (Å²) in [5, 5.41) is 6.53. The third kappa shape index (κ3) is 4.03. The van der Waals surface area contributed by atoms with Crippen molar-refractivity contribution in [2.45, 2.75) is 19.9 Å². The number of carbonyl (C=O) groups excluding carboxylic acids is 1. The summed E-state index contributed by atoms with van der Waals surface area (Å²) in [6.45, 7) is 3.80. The van der Waals surface area contributed by atoms with E-state index in [1.807, 2.05) is 61.5 Å². The van der Waals surface area contributed by atoms with Gasteiger partial charge in [0.2, 0.25) is 5.91 Å². The van der Waals surface area contributed by atoms with Crippen molar-refractivity contribution in [3.05, 3.63) is 81.2 Å². The van der Waals surface area contributed by atoms with E-state index in [0.29, 0.717) is 10.7 Å². The second-order valence-electron chi connectivity index (χ2n) is 6.61. The summed E-state index contributed by atoms with van der Waals surface area (Å²) in [6.07, 6.45) is 0. The summed E-state index contributed by atoms with van der Waals surface area (Å²) in [6, 6.07) is 16.7. The lowest BCUT2D eigenvalue weighted by atomic mass is 10.1. The number of rotatable bonds is 6. The maximum absolute atomic E-state index is 12.8. The quantitative estimate of drug-likeness (QED) is 0.668. The molecule has 0 bridgehead atoms. The Balaban J connectivity index is 1.73. The van der Waals surface area contributed by atoms with Crippen molar-refractivity contribution >= 4 is 23.2 Å². The third-order valence-electron chi connectivity index (χ3n) is 4.76. The second-order valence-corrected chi connectivity index (χ2v) is 7.02. The molecule has 1 heterocycles. The van der Waals surface area contributed by atoms with E-state index in [4.69, 9.17) is 11.6 Å². The average Bonchev–Trinajstić information content (AvgIpc) is 2.90. The van der Waals surface area contributed by atoms with Gasteiger partial charge in [-0.3, -0.25) is 14.3 Å². The van der Waals surface area contributed by atoms with Gasteiger partial charge in [0.25, 0.3) is 5.56 Å². The van der Waals surface area contributed by atoms with Gasteiger partial charge in [0.1, 0.15) is 5.69 Å². The van der Waals surface area contributed by atoms with Gasteiger partial charge in [-0.15, -0.1) is 0 Å². The number of hydrogen-bond acceptors (Lipinski definition) is 3. The van der Waals surface area contributed by atoms with Crippen molar-refractivity contribution in [3.63, 3.8) is 0 Å². The SMILES string of the molecule is Cc1c(NC(=O)CN[C@@H](C)c2ccccc2Cl)c(=O)n(-c2ccccc2)n1C. The predicted octanol–water partition coefficient (Wildman–Crippen LogP) is 3.43. The molecular weight excluding hydrogens is 376 g/mol. The van der Waals surface area contributed by atoms with Crippen molar-refractivity contribution in [3.8, 4) is 5.69 Å². The molecule has 28 heavy (non-hydrogen) atoms. The summed E-state index contributed by atoms with van der Waals surface area (Å²) < 4.78 is 3.26. The Labute approximate surface area is 168 Å². The number of anilines is 1. The number of nitrogens with one attached hydrogen (secondary N) is 2. The third-order valence-corrected chi connectivity index (χ3v) is 5.10. The van der Waals surface area contributed by atoms with Crippen LogP contribution in [0.1, 0.15) is 24.2 Å². The van der Waals surface area contributed by atoms with Gasteiger partial charge in [-0.25, -0.2) is 4.68 Å². The molecule has 0 aliphatic rings. The minimum atomic E-state index is -0.287. The van der Waals surface area contributed by atoms with E-state index in [-0.39, 0.29) is 29.7 Å². The molecule has 3 rings (SSSR count). The molecular formula is C21H23ClN4O2. The molecule has 0 aliphatic carbocycles. The van der Waals surface area contributed by atoms with Gasteiger partial charge in [0, 0.05) is 18.1 Å². The van der Waals surface area contributed by atoms with Crippen LogP contribution in [-0.4, -0.2) is 21.8 Å². The Hall–Kier alpha value is -2.83. The van der Waals surface area contributed by atoms with E-state index in [2.05, 4.69) is 10.6 Å². The number of nitrogens with zero attached hydrogens (tertiary/aromatic N) is 2. The minimum absolute atomic E-state index is 0.0610. The van der Waals surface area contributed by atoms with Crippen molar-refractivity contribution < 1.29 is 4.79 Å². The maximum Gasteiger partial charge on any atom is 0.295 e. The fourth-order valence-corrected chi connectivity index (χ4v) is 3.38. The standard InChI is InChI=1S/C21H23ClN4O2/c1-14(17-11-7-8-12-18(17)22)23-13-19(27)24-20-15(2)25(3)26(21(20)28)16-9-5-4-6-10-16/h4-12,14,23H,13H2,1-3H3,(H,24,27)/t14-/m0/s1. The van der Waals surface area contributed by atoms with Crippen LogP contribution in [0.15, 0.2) is 59.4 Å². The molecule has 7 heteroatoms. The summed E-state index contributed by atoms with van der Waals surface area (Å²) in [7, 11) is 1.79. The fraction of sp³-hybridized carbons (Fsp3) is 0.238. The first kappa shape index (κ1) is 19.9. The number of carbonyl (C=O) groups is 1. The van der Waals surface area contributed by atoms with Crippen molar-refractivity contribution in [2.24, 2.45) is 7.05 Å². The topological polar surface area (TPSA) is 68.1 Å². The number of halogens is 1. The average molecular weight is 399 g/mol. The first-order valence-corrected chi connectivity index (χ1v) is 9.39. The Morgan fingerprint density at radius 2 is 1.75 bits per heavy atom. The van der Waals surface area contributed by atoms with Crippen molar-refractivity contribution in [1.82, 2.24) is 14.7 Å². The number of amides is 1. The van der Waals surface area contributed by atoms with Crippen LogP contribution < -0.4 is 16.2 Å². The zero-order valence-corrected chi connectivity index (χ0v) is 16.8. The van der Waals surface area contributed by atoms with Crippen LogP contribution in [0, 0.1) is 6.92 Å². The van der Waals surface area contributed by atoms with Crippen LogP contribution in [0.5, 0.6) is 0 Å². The lowest BCUT2D eigenvalue weighted by Gasteiger charge is -2.15. The van der Waals surface area contributed by atoms with E-state index in [1.54, 1.807) is 18.7 Å². The highest BCUT2D eigenvalue weighted by molar-refractivity contribution is 6.31. The van der Waals surface area contributed by atoms with Crippen molar-refractivity contribution in [2.75, 3.05) is 11.9 Å². The first-order chi connectivity index (χ1) is 13.4. The maximum atomic E-state index is 12.8. The van der Waals surface area contributed by atoms with Crippen LogP contribution in [0.3, 0.4) is 0 Å². The van der Waals surface area contributed by atoms with Gasteiger partial charge >= 0.3 is 0 Å². The zero-order valence-electron chi connectivity index (χ0n) is 16.1. The second kappa shape index (κ2) is 8.46. The van der Waals surface area contributed by atoms with Gasteiger partial charge in [-0.2, -0.15) is 0 Å². The largest absolute Gasteiger partial charge is 0.319 e. The van der Waals surface area contributed by atoms with Crippen LogP contribution in [-0.2, 0) is 11.8 Å². The Morgan fingerprint density at radius 3 is 2.43 bits per heavy atom. The lowest BCUT2D eigenvalue weighted by molar-refractivity contribution is -0.115. The molecule has 3 aromatic rings. The lowest BCUT2D eigenvalue weighted by Crippen LogP contribution is -2.32. The number of aromatic nitrogens is 2. The highest BCUT2D eigenvalue weighted by atomic mass is 35.5. The summed E-state index contributed by atoms with van der Waals surface area (Å²) >= 11 is 6.20. The van der Waals surface area contributed by atoms with E-state index < -0.39 is 0 Å². The highest BCUT2D eigenvalue weighted by Crippen LogP contribution is 2.22. The normalized spacial score (nSPS) is 12.0. The van der Waals surface area contributed by atoms with Gasteiger partial charge in [0.15, 0.2) is 0 Å². The van der Waals surface area contributed by atoms with Gasteiger partial charge in [-0.1, -0.05) is 48.0 Å². The molecule has 0 saturated heterocycles. The molecule has 0 saturated carbocycles. The smallest absolute Gasteiger partial charge is 0.295 e. The van der Waals surface area contributed by atoms with Crippen molar-refractivity contribution in [1.29, 1.82) is 0 Å². The molecule has 0 radical (unpaired) electrons. The molecule has 1 amide bonds. The molecule has 2 N–H and O–H groups in total. The Kier molecular flexibility index (Phi) is 6.02. The molecule has 1 aromatic heterocycles. The Morgan fingerprint density at radius 1 is 1.11 bits per heavy atom. The summed E-state index contributed by atoms with van der Waals surface area (Å²) in [4.78, 5) is 25.3. The molecule has 2 aromatic carbocycles. The number of hydrogen-bond donors (Lipinski definition) is 2. The first-order valence-electron chi connectivity index (χ1n) is 9.02. The molecule has 0 aliphatic heterocycles. The van der Waals surface area contributed by atoms with E-state index >= 15 is 0 Å².